The van der Waals surface area contributed by atoms with Crippen LogP contribution in [-0.4, -0.2) is 16.3 Å². The molecule has 4 heteroatoms. The van der Waals surface area contributed by atoms with Crippen molar-refractivity contribution in [3.8, 4) is 0 Å². The molecule has 86 valence electrons. The molecule has 15 heavy (non-hydrogen) atoms. The fourth-order valence-electron chi connectivity index (χ4n) is 1.90. The first-order valence-corrected chi connectivity index (χ1v) is 4.29. The van der Waals surface area contributed by atoms with Crippen LogP contribution < -0.4 is 5.73 Å². The van der Waals surface area contributed by atoms with Crippen molar-refractivity contribution in [2.45, 2.75) is 32.1 Å². The minimum absolute atomic E-state index is 0. The van der Waals surface area contributed by atoms with Gasteiger partial charge in [0.2, 0.25) is 0 Å². The van der Waals surface area contributed by atoms with E-state index in [4.69, 9.17) is 5.73 Å². The molecule has 1 aromatic carbocycles. The predicted molar refractivity (Wildman–Crippen MR) is 62.9 cm³/mol. The summed E-state index contributed by atoms with van der Waals surface area (Å²) in [5.74, 6) is 0. The Kier molecular flexibility index (Phi) is 4.31. The lowest BCUT2D eigenvalue weighted by atomic mass is 9.94. The smallest absolute Gasteiger partial charge is 0.107 e. The molecule has 1 unspecified atom stereocenters. The topological polar surface area (TPSA) is 66.5 Å². The van der Waals surface area contributed by atoms with E-state index in [2.05, 4.69) is 0 Å². The van der Waals surface area contributed by atoms with Crippen LogP contribution in [0.15, 0.2) is 24.3 Å². The first-order chi connectivity index (χ1) is 6.05. The summed E-state index contributed by atoms with van der Waals surface area (Å²) < 4.78 is 0. The lowest BCUT2D eigenvalue weighted by molar-refractivity contribution is -0.00839. The van der Waals surface area contributed by atoms with Gasteiger partial charge >= 0.3 is 0 Å². The summed E-state index contributed by atoms with van der Waals surface area (Å²) in [6.07, 6.45) is -1.77. The Labute approximate surface area is 96.3 Å². The highest BCUT2D eigenvalue weighted by Crippen LogP contribution is 2.41. The zero-order valence-corrected chi connectivity index (χ0v) is 8.66. The van der Waals surface area contributed by atoms with Crippen LogP contribution in [0.4, 0.5) is 0 Å². The van der Waals surface area contributed by atoms with Crippen LogP contribution in [0.1, 0.15) is 31.6 Å². The number of halogens is 1. The van der Waals surface area contributed by atoms with Crippen molar-refractivity contribution in [1.82, 2.24) is 0 Å². The summed E-state index contributed by atoms with van der Waals surface area (Å²) >= 11 is 0. The van der Waals surface area contributed by atoms with Gasteiger partial charge in [0, 0.05) is 0 Å². The van der Waals surface area contributed by atoms with Gasteiger partial charge in [0.25, 0.3) is 0 Å². The highest BCUT2D eigenvalue weighted by atomic mass is 35.5. The highest BCUT2D eigenvalue weighted by Gasteiger charge is 2.44. The Morgan fingerprint density at radius 1 is 1.27 bits per heavy atom. The van der Waals surface area contributed by atoms with E-state index in [0.29, 0.717) is 0 Å². The highest BCUT2D eigenvalue weighted by molar-refractivity contribution is 5.85. The van der Waals surface area contributed by atoms with E-state index in [9.17, 15) is 10.2 Å². The van der Waals surface area contributed by atoms with Gasteiger partial charge in [-0.1, -0.05) is 31.7 Å². The molecule has 3 nitrogen and oxygen atoms in total. The summed E-state index contributed by atoms with van der Waals surface area (Å²) in [5.41, 5.74) is 6.64. The maximum Gasteiger partial charge on any atom is 0.107 e. The number of fused-ring (bicyclic) bond motifs is 1. The van der Waals surface area contributed by atoms with Crippen LogP contribution in [0.2, 0.25) is 0 Å². The van der Waals surface area contributed by atoms with Crippen molar-refractivity contribution >= 4 is 12.4 Å². The third-order valence-electron chi connectivity index (χ3n) is 2.77. The largest absolute Gasteiger partial charge is 0.388 e. The summed E-state index contributed by atoms with van der Waals surface area (Å²) in [4.78, 5) is 0. The number of aliphatic hydroxyl groups excluding tert-OH is 2. The molecule has 0 amide bonds. The van der Waals surface area contributed by atoms with Gasteiger partial charge in [0.1, 0.15) is 12.2 Å². The van der Waals surface area contributed by atoms with Gasteiger partial charge in [-0.3, -0.25) is 0 Å². The molecule has 1 aromatic rings. The molecule has 0 saturated carbocycles. The lowest BCUT2D eigenvalue weighted by Gasteiger charge is -2.24. The molecule has 0 radical (unpaired) electrons. The number of aliphatic hydroxyl groups is 2. The Bertz CT molecular complexity index is 341. The van der Waals surface area contributed by atoms with Crippen LogP contribution >= 0.6 is 12.4 Å². The number of nitrogens with two attached hydrogens (primary N) is 1. The second-order valence-electron chi connectivity index (χ2n) is 3.76. The quantitative estimate of drug-likeness (QED) is 0.631. The monoisotopic (exact) mass is 231 g/mol. The van der Waals surface area contributed by atoms with E-state index < -0.39 is 17.7 Å². The third-order valence-corrected chi connectivity index (χ3v) is 2.77. The van der Waals surface area contributed by atoms with E-state index in [0.717, 1.165) is 11.1 Å². The van der Waals surface area contributed by atoms with Gasteiger partial charge in [0.05, 0.1) is 5.54 Å². The molecular weight excluding hydrogens is 214 g/mol. The fourth-order valence-corrected chi connectivity index (χ4v) is 1.90. The van der Waals surface area contributed by atoms with Crippen molar-refractivity contribution in [3.63, 3.8) is 0 Å². The first-order valence-electron chi connectivity index (χ1n) is 4.29. The second kappa shape index (κ2) is 4.49. The molecule has 2 rings (SSSR count). The summed E-state index contributed by atoms with van der Waals surface area (Å²) in [5, 5.41) is 19.3. The molecular formula is C11H18ClNO2. The summed E-state index contributed by atoms with van der Waals surface area (Å²) in [6, 6.07) is 7.32. The van der Waals surface area contributed by atoms with E-state index in [1.165, 1.54) is 0 Å². The van der Waals surface area contributed by atoms with Gasteiger partial charge in [-0.05, 0) is 18.1 Å². The molecule has 0 spiro atoms. The average molecular weight is 232 g/mol. The molecule has 0 bridgehead atoms. The van der Waals surface area contributed by atoms with Crippen LogP contribution in [-0.2, 0) is 5.54 Å². The Balaban J connectivity index is 0.000000980. The van der Waals surface area contributed by atoms with Crippen molar-refractivity contribution in [1.29, 1.82) is 0 Å². The fraction of sp³-hybridized carbons (Fsp3) is 0.455. The van der Waals surface area contributed by atoms with Crippen LogP contribution in [0.5, 0.6) is 0 Å². The van der Waals surface area contributed by atoms with Crippen LogP contribution in [0.25, 0.3) is 0 Å². The van der Waals surface area contributed by atoms with E-state index in [1.54, 1.807) is 13.0 Å². The maximum atomic E-state index is 9.67. The van der Waals surface area contributed by atoms with Crippen molar-refractivity contribution in [2.75, 3.05) is 0 Å². The SMILES string of the molecule is C.CC1(N)c2ccccc2[C@H](O)[C@H]1O.Cl. The van der Waals surface area contributed by atoms with Gasteiger partial charge in [0.15, 0.2) is 0 Å². The zero-order chi connectivity index (χ0) is 9.64. The molecule has 1 aliphatic carbocycles. The number of hydrogen-bond donors (Lipinski definition) is 3. The molecule has 4 N–H and O–H groups in total. The zero-order valence-electron chi connectivity index (χ0n) is 7.84. The number of rotatable bonds is 0. The Morgan fingerprint density at radius 3 is 2.33 bits per heavy atom. The second-order valence-corrected chi connectivity index (χ2v) is 3.76. The standard InChI is InChI=1S/C10H13NO2.CH4.ClH/c1-10(11)7-5-3-2-4-6(7)8(12)9(10)13;;/h2-5,8-9,12-13H,11H2,1H3;1H4;1H/t8-,9+,10?;;/m0../s1. The third kappa shape index (κ3) is 1.88. The number of hydrogen-bond acceptors (Lipinski definition) is 3. The van der Waals surface area contributed by atoms with Crippen molar-refractivity contribution < 1.29 is 10.2 Å². The van der Waals surface area contributed by atoms with Gasteiger partial charge in [-0.15, -0.1) is 12.4 Å². The summed E-state index contributed by atoms with van der Waals surface area (Å²) in [6.45, 7) is 1.73. The van der Waals surface area contributed by atoms with Gasteiger partial charge in [-0.25, -0.2) is 0 Å². The Morgan fingerprint density at radius 2 is 1.80 bits per heavy atom. The molecule has 3 atom stereocenters. The average Bonchev–Trinajstić information content (AvgIpc) is 2.30. The lowest BCUT2D eigenvalue weighted by Crippen LogP contribution is -2.42. The molecule has 0 aromatic heterocycles. The van der Waals surface area contributed by atoms with Gasteiger partial charge < -0.3 is 15.9 Å². The summed E-state index contributed by atoms with van der Waals surface area (Å²) in [7, 11) is 0. The molecule has 1 aliphatic rings. The predicted octanol–water partition coefficient (Wildman–Crippen LogP) is 1.33. The maximum absolute atomic E-state index is 9.67. The first kappa shape index (κ1) is 14.4. The Hall–Kier alpha value is -0.610. The molecule has 0 aliphatic heterocycles. The van der Waals surface area contributed by atoms with Crippen molar-refractivity contribution in [3.05, 3.63) is 35.4 Å². The molecule has 0 fully saturated rings. The number of benzene rings is 1. The molecule has 0 heterocycles. The van der Waals surface area contributed by atoms with Gasteiger partial charge in [-0.2, -0.15) is 0 Å². The normalized spacial score (nSPS) is 32.5. The van der Waals surface area contributed by atoms with Crippen molar-refractivity contribution in [2.24, 2.45) is 5.73 Å². The van der Waals surface area contributed by atoms with E-state index in [-0.39, 0.29) is 19.8 Å². The minimum Gasteiger partial charge on any atom is -0.388 e. The van der Waals surface area contributed by atoms with Crippen LogP contribution in [0, 0.1) is 0 Å². The molecule has 0 saturated heterocycles. The minimum atomic E-state index is -0.912. The van der Waals surface area contributed by atoms with E-state index >= 15 is 0 Å². The van der Waals surface area contributed by atoms with E-state index in [1.807, 2.05) is 18.2 Å². The van der Waals surface area contributed by atoms with Crippen LogP contribution in [0.3, 0.4) is 0 Å².